The van der Waals surface area contributed by atoms with E-state index in [0.717, 1.165) is 5.69 Å². The maximum Gasteiger partial charge on any atom is 0.282 e. The first-order chi connectivity index (χ1) is 14.2. The van der Waals surface area contributed by atoms with Gasteiger partial charge in [-0.1, -0.05) is 48.5 Å². The molecular weight excluding hydrogens is 364 g/mol. The van der Waals surface area contributed by atoms with Gasteiger partial charge < -0.3 is 10.1 Å². The summed E-state index contributed by atoms with van der Waals surface area (Å²) in [5.74, 6) is -0.0242. The van der Waals surface area contributed by atoms with Gasteiger partial charge in [0.2, 0.25) is 0 Å². The minimum atomic E-state index is -0.381. The Labute approximate surface area is 169 Å². The number of nitrogens with zero attached hydrogens (tertiary/aromatic N) is 1. The molecule has 1 aliphatic rings. The average Bonchev–Trinajstić information content (AvgIpc) is 3.00. The van der Waals surface area contributed by atoms with Gasteiger partial charge in [0, 0.05) is 5.69 Å². The topological polar surface area (TPSA) is 58.6 Å². The molecule has 3 aromatic rings. The van der Waals surface area contributed by atoms with Crippen LogP contribution in [0.15, 0.2) is 90.6 Å². The standard InChI is InChI=1S/C24H20N2O3/c1-2-29-20-15-13-17(14-16-20)21-22(25-18-9-5-3-6-10-18)24(28)26(23(21)27)19-11-7-4-8-12-19/h3-16,25H,2H2,1H3. The van der Waals surface area contributed by atoms with E-state index >= 15 is 0 Å². The van der Waals surface area contributed by atoms with Crippen LogP contribution in [0, 0.1) is 0 Å². The quantitative estimate of drug-likeness (QED) is 0.637. The van der Waals surface area contributed by atoms with Crippen molar-refractivity contribution in [3.63, 3.8) is 0 Å². The number of para-hydroxylation sites is 2. The van der Waals surface area contributed by atoms with E-state index in [0.29, 0.717) is 29.2 Å². The molecule has 0 bridgehead atoms. The highest BCUT2D eigenvalue weighted by molar-refractivity contribution is 6.46. The summed E-state index contributed by atoms with van der Waals surface area (Å²) >= 11 is 0. The van der Waals surface area contributed by atoms with E-state index in [1.807, 2.05) is 43.3 Å². The van der Waals surface area contributed by atoms with Gasteiger partial charge in [0.25, 0.3) is 11.8 Å². The zero-order valence-electron chi connectivity index (χ0n) is 16.0. The lowest BCUT2D eigenvalue weighted by atomic mass is 10.0. The average molecular weight is 384 g/mol. The van der Waals surface area contributed by atoms with Gasteiger partial charge in [-0.2, -0.15) is 0 Å². The van der Waals surface area contributed by atoms with E-state index in [-0.39, 0.29) is 17.5 Å². The number of benzene rings is 3. The molecule has 144 valence electrons. The number of hydrogen-bond donors (Lipinski definition) is 1. The van der Waals surface area contributed by atoms with Gasteiger partial charge in [0.05, 0.1) is 17.9 Å². The predicted molar refractivity (Wildman–Crippen MR) is 114 cm³/mol. The van der Waals surface area contributed by atoms with E-state index < -0.39 is 0 Å². The van der Waals surface area contributed by atoms with Gasteiger partial charge >= 0.3 is 0 Å². The van der Waals surface area contributed by atoms with Crippen LogP contribution in [0.4, 0.5) is 11.4 Å². The molecule has 4 rings (SSSR count). The van der Waals surface area contributed by atoms with Gasteiger partial charge in [0.1, 0.15) is 11.4 Å². The number of amides is 2. The Kier molecular flexibility index (Phi) is 5.12. The zero-order valence-corrected chi connectivity index (χ0v) is 16.0. The number of rotatable bonds is 6. The molecule has 0 unspecified atom stereocenters. The molecular formula is C24H20N2O3. The van der Waals surface area contributed by atoms with Gasteiger partial charge in [-0.3, -0.25) is 9.59 Å². The first-order valence-corrected chi connectivity index (χ1v) is 9.42. The van der Waals surface area contributed by atoms with Crippen molar-refractivity contribution in [1.29, 1.82) is 0 Å². The maximum atomic E-state index is 13.3. The number of carbonyl (C=O) groups is 2. The zero-order chi connectivity index (χ0) is 20.2. The second-order valence-corrected chi connectivity index (χ2v) is 6.48. The Morgan fingerprint density at radius 3 is 2.03 bits per heavy atom. The molecule has 0 saturated heterocycles. The van der Waals surface area contributed by atoms with E-state index in [9.17, 15) is 9.59 Å². The lowest BCUT2D eigenvalue weighted by Gasteiger charge is -2.15. The van der Waals surface area contributed by atoms with Crippen LogP contribution in [0.3, 0.4) is 0 Å². The normalized spacial score (nSPS) is 13.8. The third-order valence-electron chi connectivity index (χ3n) is 4.60. The van der Waals surface area contributed by atoms with Gasteiger partial charge in [-0.05, 0) is 48.9 Å². The number of nitrogens with one attached hydrogen (secondary N) is 1. The number of anilines is 2. The third-order valence-corrected chi connectivity index (χ3v) is 4.60. The molecule has 0 aliphatic carbocycles. The van der Waals surface area contributed by atoms with E-state index in [1.54, 1.807) is 48.5 Å². The molecule has 29 heavy (non-hydrogen) atoms. The first-order valence-electron chi connectivity index (χ1n) is 9.42. The molecule has 5 nitrogen and oxygen atoms in total. The summed E-state index contributed by atoms with van der Waals surface area (Å²) in [5.41, 5.74) is 2.53. The molecule has 0 fully saturated rings. The Morgan fingerprint density at radius 1 is 0.793 bits per heavy atom. The predicted octanol–water partition coefficient (Wildman–Crippen LogP) is 4.48. The fraction of sp³-hybridized carbons (Fsp3) is 0.0833. The minimum Gasteiger partial charge on any atom is -0.494 e. The summed E-state index contributed by atoms with van der Waals surface area (Å²) in [6.07, 6.45) is 0. The van der Waals surface area contributed by atoms with Crippen molar-refractivity contribution in [3.05, 3.63) is 96.2 Å². The van der Waals surface area contributed by atoms with Gasteiger partial charge in [-0.15, -0.1) is 0 Å². The van der Waals surface area contributed by atoms with Crippen molar-refractivity contribution in [2.75, 3.05) is 16.8 Å². The van der Waals surface area contributed by atoms with Crippen molar-refractivity contribution in [2.45, 2.75) is 6.92 Å². The summed E-state index contributed by atoms with van der Waals surface area (Å²) in [6, 6.07) is 25.5. The minimum absolute atomic E-state index is 0.259. The molecule has 0 saturated carbocycles. The molecule has 1 aliphatic heterocycles. The molecule has 1 heterocycles. The van der Waals surface area contributed by atoms with Gasteiger partial charge in [-0.25, -0.2) is 4.90 Å². The van der Waals surface area contributed by atoms with Gasteiger partial charge in [0.15, 0.2) is 0 Å². The second kappa shape index (κ2) is 8.02. The molecule has 2 amide bonds. The van der Waals surface area contributed by atoms with E-state index in [1.165, 1.54) is 4.90 Å². The smallest absolute Gasteiger partial charge is 0.282 e. The molecule has 0 radical (unpaired) electrons. The molecule has 0 atom stereocenters. The summed E-state index contributed by atoms with van der Waals surface area (Å²) < 4.78 is 5.49. The van der Waals surface area contributed by atoms with Crippen LogP contribution < -0.4 is 15.0 Å². The highest BCUT2D eigenvalue weighted by Gasteiger charge is 2.40. The SMILES string of the molecule is CCOc1ccc(C2=C(Nc3ccccc3)C(=O)N(c3ccccc3)C2=O)cc1. The summed E-state index contributed by atoms with van der Waals surface area (Å²) in [6.45, 7) is 2.47. The van der Waals surface area contributed by atoms with Crippen LogP contribution in [0.2, 0.25) is 0 Å². The Bertz CT molecular complexity index is 1060. The molecule has 0 aromatic heterocycles. The van der Waals surface area contributed by atoms with Crippen LogP contribution in [0.25, 0.3) is 5.57 Å². The largest absolute Gasteiger partial charge is 0.494 e. The van der Waals surface area contributed by atoms with Crippen molar-refractivity contribution in [2.24, 2.45) is 0 Å². The second-order valence-electron chi connectivity index (χ2n) is 6.48. The van der Waals surface area contributed by atoms with E-state index in [4.69, 9.17) is 4.74 Å². The van der Waals surface area contributed by atoms with Crippen LogP contribution in [0.5, 0.6) is 5.75 Å². The summed E-state index contributed by atoms with van der Waals surface area (Å²) in [4.78, 5) is 27.7. The highest BCUT2D eigenvalue weighted by atomic mass is 16.5. The maximum absolute atomic E-state index is 13.3. The van der Waals surface area contributed by atoms with Crippen molar-refractivity contribution in [1.82, 2.24) is 0 Å². The molecule has 5 heteroatoms. The lowest BCUT2D eigenvalue weighted by Crippen LogP contribution is -2.32. The van der Waals surface area contributed by atoms with Crippen molar-refractivity contribution < 1.29 is 14.3 Å². The lowest BCUT2D eigenvalue weighted by molar-refractivity contribution is -0.120. The third kappa shape index (κ3) is 3.62. The van der Waals surface area contributed by atoms with Crippen molar-refractivity contribution >= 4 is 28.8 Å². The fourth-order valence-corrected chi connectivity index (χ4v) is 3.28. The van der Waals surface area contributed by atoms with Crippen LogP contribution >= 0.6 is 0 Å². The Balaban J connectivity index is 1.78. The first kappa shape index (κ1) is 18.5. The van der Waals surface area contributed by atoms with E-state index in [2.05, 4.69) is 5.32 Å². The number of imide groups is 1. The monoisotopic (exact) mass is 384 g/mol. The van der Waals surface area contributed by atoms with Crippen LogP contribution in [0.1, 0.15) is 12.5 Å². The fourth-order valence-electron chi connectivity index (χ4n) is 3.28. The molecule has 1 N–H and O–H groups in total. The Morgan fingerprint density at radius 2 is 1.41 bits per heavy atom. The highest BCUT2D eigenvalue weighted by Crippen LogP contribution is 2.34. The number of hydrogen-bond acceptors (Lipinski definition) is 4. The summed E-state index contributed by atoms with van der Waals surface area (Å²) in [7, 11) is 0. The number of carbonyl (C=O) groups excluding carboxylic acids is 2. The Hall–Kier alpha value is -3.86. The van der Waals surface area contributed by atoms with Crippen LogP contribution in [-0.4, -0.2) is 18.4 Å². The molecule has 3 aromatic carbocycles. The van der Waals surface area contributed by atoms with Crippen LogP contribution in [-0.2, 0) is 9.59 Å². The summed E-state index contributed by atoms with van der Waals surface area (Å²) in [5, 5.41) is 3.15. The molecule has 0 spiro atoms. The number of ether oxygens (including phenoxy) is 1. The van der Waals surface area contributed by atoms with Crippen molar-refractivity contribution in [3.8, 4) is 5.75 Å².